The number of aryl methyl sites for hydroxylation is 1. The summed E-state index contributed by atoms with van der Waals surface area (Å²) in [6.07, 6.45) is 3.50. The van der Waals surface area contributed by atoms with Crippen molar-refractivity contribution in [2.24, 2.45) is 0 Å². The minimum Gasteiger partial charge on any atom is -0.336 e. The molecule has 0 unspecified atom stereocenters. The molecule has 2 heterocycles. The molecule has 20 heavy (non-hydrogen) atoms. The number of benzene rings is 1. The number of aromatic amines is 1. The maximum absolute atomic E-state index is 9.32. The molecule has 1 aromatic carbocycles. The first-order valence-corrected chi connectivity index (χ1v) is 6.26. The van der Waals surface area contributed by atoms with E-state index in [0.29, 0.717) is 17.0 Å². The molecule has 0 aliphatic carbocycles. The van der Waals surface area contributed by atoms with Crippen molar-refractivity contribution in [2.45, 2.75) is 6.92 Å². The molecule has 0 saturated carbocycles. The Morgan fingerprint density at radius 1 is 1.25 bits per heavy atom. The van der Waals surface area contributed by atoms with Gasteiger partial charge in [0.2, 0.25) is 0 Å². The Morgan fingerprint density at radius 2 is 2.05 bits per heavy atom. The van der Waals surface area contributed by atoms with Crippen molar-refractivity contribution in [3.8, 4) is 6.07 Å². The van der Waals surface area contributed by atoms with Crippen LogP contribution >= 0.6 is 0 Å². The van der Waals surface area contributed by atoms with Gasteiger partial charge in [0.25, 0.3) is 0 Å². The fourth-order valence-electron chi connectivity index (χ4n) is 1.96. The van der Waals surface area contributed by atoms with Crippen LogP contribution in [0.5, 0.6) is 0 Å². The van der Waals surface area contributed by atoms with E-state index in [-0.39, 0.29) is 0 Å². The third-order valence-corrected chi connectivity index (χ3v) is 3.02. The van der Waals surface area contributed by atoms with Gasteiger partial charge >= 0.3 is 0 Å². The zero-order chi connectivity index (χ0) is 13.9. The van der Waals surface area contributed by atoms with Crippen LogP contribution in [0.15, 0.2) is 42.6 Å². The highest BCUT2D eigenvalue weighted by atomic mass is 15.0. The van der Waals surface area contributed by atoms with E-state index in [4.69, 9.17) is 0 Å². The first kappa shape index (κ1) is 12.1. The predicted molar refractivity (Wildman–Crippen MR) is 78.6 cm³/mol. The Hall–Kier alpha value is -2.93. The second kappa shape index (κ2) is 4.98. The van der Waals surface area contributed by atoms with Crippen LogP contribution in [0, 0.1) is 18.3 Å². The monoisotopic (exact) mass is 260 g/mol. The molecule has 0 amide bonds. The molecule has 0 saturated heterocycles. The molecule has 1 N–H and O–H groups in total. The summed E-state index contributed by atoms with van der Waals surface area (Å²) < 4.78 is 0. The zero-order valence-electron chi connectivity index (χ0n) is 11.0. The molecule has 0 fully saturated rings. The number of H-pyrrole nitrogens is 1. The maximum Gasteiger partial charge on any atom is 0.178 e. The van der Waals surface area contributed by atoms with Gasteiger partial charge in [-0.1, -0.05) is 29.8 Å². The summed E-state index contributed by atoms with van der Waals surface area (Å²) in [6.45, 7) is 2.03. The van der Waals surface area contributed by atoms with Crippen LogP contribution in [0.2, 0.25) is 0 Å². The summed E-state index contributed by atoms with van der Waals surface area (Å²) in [4.78, 5) is 11.6. The lowest BCUT2D eigenvalue weighted by Crippen LogP contribution is -1.85. The smallest absolute Gasteiger partial charge is 0.178 e. The van der Waals surface area contributed by atoms with Crippen molar-refractivity contribution in [3.63, 3.8) is 0 Å². The third-order valence-electron chi connectivity index (χ3n) is 3.02. The molecule has 4 nitrogen and oxygen atoms in total. The van der Waals surface area contributed by atoms with Crippen molar-refractivity contribution in [1.29, 1.82) is 5.26 Å². The van der Waals surface area contributed by atoms with Crippen molar-refractivity contribution < 1.29 is 0 Å². The first-order valence-electron chi connectivity index (χ1n) is 6.26. The number of nitrogens with one attached hydrogen (secondary N) is 1. The van der Waals surface area contributed by atoms with Crippen LogP contribution in [0.1, 0.15) is 17.0 Å². The second-order valence-corrected chi connectivity index (χ2v) is 4.54. The Morgan fingerprint density at radius 3 is 2.75 bits per heavy atom. The van der Waals surface area contributed by atoms with Crippen LogP contribution in [0.3, 0.4) is 0 Å². The van der Waals surface area contributed by atoms with E-state index < -0.39 is 0 Å². The minimum atomic E-state index is 0.492. The predicted octanol–water partition coefficient (Wildman–Crippen LogP) is 3.33. The molecule has 2 aromatic heterocycles. The van der Waals surface area contributed by atoms with Gasteiger partial charge in [-0.05, 0) is 30.7 Å². The Kier molecular flexibility index (Phi) is 3.02. The van der Waals surface area contributed by atoms with Gasteiger partial charge < -0.3 is 4.98 Å². The molecule has 3 aromatic rings. The van der Waals surface area contributed by atoms with Crippen LogP contribution in [-0.4, -0.2) is 15.0 Å². The molecule has 0 bridgehead atoms. The second-order valence-electron chi connectivity index (χ2n) is 4.54. The Bertz CT molecular complexity index is 787. The fraction of sp³-hybridized carbons (Fsp3) is 0.0625. The van der Waals surface area contributed by atoms with Gasteiger partial charge in [-0.25, -0.2) is 9.97 Å². The van der Waals surface area contributed by atoms with Crippen LogP contribution in [-0.2, 0) is 0 Å². The number of hydrogen-bond donors (Lipinski definition) is 1. The molecule has 0 radical (unpaired) electrons. The Balaban J connectivity index is 2.05. The number of hydrogen-bond acceptors (Lipinski definition) is 3. The number of allylic oxidation sites excluding steroid dienone is 1. The maximum atomic E-state index is 9.32. The number of fused-ring (bicyclic) bond motifs is 1. The number of rotatable bonds is 2. The van der Waals surface area contributed by atoms with Crippen LogP contribution in [0.4, 0.5) is 0 Å². The number of nitriles is 1. The quantitative estimate of drug-likeness (QED) is 0.719. The van der Waals surface area contributed by atoms with E-state index in [1.54, 1.807) is 6.20 Å². The lowest BCUT2D eigenvalue weighted by Gasteiger charge is -1.96. The SMILES string of the molecule is Cc1ccc(C=C(C#N)c2nc3ncccc3[nH]2)cc1. The molecule has 4 heteroatoms. The fourth-order valence-corrected chi connectivity index (χ4v) is 1.96. The van der Waals surface area contributed by atoms with Crippen LogP contribution < -0.4 is 0 Å². The van der Waals surface area contributed by atoms with Gasteiger partial charge in [0.15, 0.2) is 11.5 Å². The summed E-state index contributed by atoms with van der Waals surface area (Å²) in [5.41, 5.74) is 4.10. The standard InChI is InChI=1S/C16H12N4/c1-11-4-6-12(7-5-11)9-13(10-17)15-19-14-3-2-8-18-16(14)20-15/h2-9H,1H3,(H,18,19,20). The highest BCUT2D eigenvalue weighted by molar-refractivity contribution is 5.89. The molecular weight excluding hydrogens is 248 g/mol. The van der Waals surface area contributed by atoms with Gasteiger partial charge in [0.1, 0.15) is 6.07 Å². The molecule has 0 aliphatic rings. The molecule has 0 aliphatic heterocycles. The summed E-state index contributed by atoms with van der Waals surface area (Å²) in [5.74, 6) is 0.543. The summed E-state index contributed by atoms with van der Waals surface area (Å²) in [6, 6.07) is 13.9. The topological polar surface area (TPSA) is 65.4 Å². The number of imidazole rings is 1. The largest absolute Gasteiger partial charge is 0.336 e. The zero-order valence-corrected chi connectivity index (χ0v) is 11.0. The first-order chi connectivity index (χ1) is 9.76. The van der Waals surface area contributed by atoms with Gasteiger partial charge in [-0.2, -0.15) is 5.26 Å². The average Bonchev–Trinajstić information content (AvgIpc) is 2.90. The van der Waals surface area contributed by atoms with Crippen molar-refractivity contribution in [3.05, 3.63) is 59.5 Å². The van der Waals surface area contributed by atoms with Gasteiger partial charge in [-0.3, -0.25) is 0 Å². The van der Waals surface area contributed by atoms with E-state index in [2.05, 4.69) is 21.0 Å². The average molecular weight is 260 g/mol. The van der Waals surface area contributed by atoms with Crippen molar-refractivity contribution in [2.75, 3.05) is 0 Å². The van der Waals surface area contributed by atoms with E-state index in [1.165, 1.54) is 5.56 Å². The lowest BCUT2D eigenvalue weighted by atomic mass is 10.1. The van der Waals surface area contributed by atoms with Crippen LogP contribution in [0.25, 0.3) is 22.8 Å². The number of aromatic nitrogens is 3. The van der Waals surface area contributed by atoms with E-state index in [9.17, 15) is 5.26 Å². The van der Waals surface area contributed by atoms with E-state index in [1.807, 2.05) is 49.4 Å². The normalized spacial score (nSPS) is 11.5. The third kappa shape index (κ3) is 2.29. The van der Waals surface area contributed by atoms with Crippen molar-refractivity contribution in [1.82, 2.24) is 15.0 Å². The van der Waals surface area contributed by atoms with Gasteiger partial charge in [0, 0.05) is 6.20 Å². The van der Waals surface area contributed by atoms with Crippen molar-refractivity contribution >= 4 is 22.8 Å². The van der Waals surface area contributed by atoms with E-state index >= 15 is 0 Å². The minimum absolute atomic E-state index is 0.492. The van der Waals surface area contributed by atoms with Gasteiger partial charge in [-0.15, -0.1) is 0 Å². The van der Waals surface area contributed by atoms with E-state index in [0.717, 1.165) is 11.1 Å². The lowest BCUT2D eigenvalue weighted by molar-refractivity contribution is 1.25. The Labute approximate surface area is 116 Å². The summed E-state index contributed by atoms with van der Waals surface area (Å²) in [5, 5.41) is 9.32. The molecule has 3 rings (SSSR count). The highest BCUT2D eigenvalue weighted by Gasteiger charge is 2.08. The molecule has 0 spiro atoms. The highest BCUT2D eigenvalue weighted by Crippen LogP contribution is 2.18. The molecule has 0 atom stereocenters. The number of nitrogens with zero attached hydrogens (tertiary/aromatic N) is 3. The molecule has 96 valence electrons. The molecular formula is C16H12N4. The van der Waals surface area contributed by atoms with Gasteiger partial charge in [0.05, 0.1) is 11.1 Å². The number of pyridine rings is 1. The summed E-state index contributed by atoms with van der Waals surface area (Å²) >= 11 is 0. The summed E-state index contributed by atoms with van der Waals surface area (Å²) in [7, 11) is 0.